The minimum absolute atomic E-state index is 0.197. The zero-order valence-corrected chi connectivity index (χ0v) is 9.46. The quantitative estimate of drug-likeness (QED) is 0.709. The summed E-state index contributed by atoms with van der Waals surface area (Å²) in [7, 11) is 0. The standard InChI is InChI=1S/C11H16N4O/c1-10-3-2-6-14(9-10)11(16)4-7-15-8-5-12-13-15/h3,5,8H,2,4,6-7,9H2,1H3. The molecule has 1 aliphatic rings. The monoisotopic (exact) mass is 220 g/mol. The number of hydrogen-bond donors (Lipinski definition) is 0. The second-order valence-corrected chi connectivity index (χ2v) is 4.07. The molecule has 1 aliphatic heterocycles. The average molecular weight is 220 g/mol. The molecule has 0 unspecified atom stereocenters. The van der Waals surface area contributed by atoms with Crippen LogP contribution in [0.15, 0.2) is 24.0 Å². The van der Waals surface area contributed by atoms with Crippen LogP contribution in [0, 0.1) is 0 Å². The third kappa shape index (κ3) is 2.68. The molecular formula is C11H16N4O. The molecule has 0 aromatic carbocycles. The third-order valence-corrected chi connectivity index (χ3v) is 2.71. The molecule has 1 aromatic heterocycles. The second kappa shape index (κ2) is 4.92. The van der Waals surface area contributed by atoms with Crippen LogP contribution < -0.4 is 0 Å². The van der Waals surface area contributed by atoms with Gasteiger partial charge in [-0.15, -0.1) is 5.10 Å². The summed E-state index contributed by atoms with van der Waals surface area (Å²) in [6.07, 6.45) is 7.06. The first-order chi connectivity index (χ1) is 7.75. The van der Waals surface area contributed by atoms with Gasteiger partial charge in [0.15, 0.2) is 0 Å². The highest BCUT2D eigenvalue weighted by Gasteiger charge is 2.15. The van der Waals surface area contributed by atoms with E-state index in [1.165, 1.54) is 5.57 Å². The number of aryl methyl sites for hydroxylation is 1. The Balaban J connectivity index is 1.82. The van der Waals surface area contributed by atoms with Crippen LogP contribution in [0.1, 0.15) is 19.8 Å². The van der Waals surface area contributed by atoms with Crippen LogP contribution in [-0.4, -0.2) is 38.9 Å². The van der Waals surface area contributed by atoms with Crippen LogP contribution in [0.2, 0.25) is 0 Å². The Morgan fingerprint density at radius 3 is 3.12 bits per heavy atom. The molecule has 2 rings (SSSR count). The molecule has 16 heavy (non-hydrogen) atoms. The zero-order valence-electron chi connectivity index (χ0n) is 9.46. The van der Waals surface area contributed by atoms with Crippen LogP contribution in [0.25, 0.3) is 0 Å². The van der Waals surface area contributed by atoms with Gasteiger partial charge in [-0.25, -0.2) is 0 Å². The van der Waals surface area contributed by atoms with Crippen molar-refractivity contribution in [3.8, 4) is 0 Å². The second-order valence-electron chi connectivity index (χ2n) is 4.07. The van der Waals surface area contributed by atoms with Crippen LogP contribution in [0.3, 0.4) is 0 Å². The smallest absolute Gasteiger partial charge is 0.224 e. The molecule has 1 amide bonds. The lowest BCUT2D eigenvalue weighted by Crippen LogP contribution is -2.35. The predicted octanol–water partition coefficient (Wildman–Crippen LogP) is 0.847. The maximum Gasteiger partial charge on any atom is 0.224 e. The van der Waals surface area contributed by atoms with Crippen molar-refractivity contribution in [1.29, 1.82) is 0 Å². The maximum atomic E-state index is 11.9. The van der Waals surface area contributed by atoms with Gasteiger partial charge in [0.05, 0.1) is 12.7 Å². The molecule has 5 heteroatoms. The molecule has 0 fully saturated rings. The number of hydrogen-bond acceptors (Lipinski definition) is 3. The van der Waals surface area contributed by atoms with Gasteiger partial charge in [-0.05, 0) is 13.3 Å². The topological polar surface area (TPSA) is 51.0 Å². The minimum atomic E-state index is 0.197. The number of rotatable bonds is 3. The molecule has 2 heterocycles. The third-order valence-electron chi connectivity index (χ3n) is 2.71. The first-order valence-electron chi connectivity index (χ1n) is 5.53. The molecule has 0 N–H and O–H groups in total. The molecule has 1 aromatic rings. The zero-order chi connectivity index (χ0) is 11.4. The summed E-state index contributed by atoms with van der Waals surface area (Å²) in [5.41, 5.74) is 1.28. The van der Waals surface area contributed by atoms with E-state index < -0.39 is 0 Å². The van der Waals surface area contributed by atoms with Crippen molar-refractivity contribution < 1.29 is 4.79 Å². The van der Waals surface area contributed by atoms with E-state index in [9.17, 15) is 4.79 Å². The van der Waals surface area contributed by atoms with Gasteiger partial charge in [0.1, 0.15) is 0 Å². The SMILES string of the molecule is CC1=CCCN(C(=O)CCn2ccnn2)C1. The molecule has 0 radical (unpaired) electrons. The molecule has 86 valence electrons. The van der Waals surface area contributed by atoms with Gasteiger partial charge in [-0.3, -0.25) is 9.48 Å². The van der Waals surface area contributed by atoms with E-state index in [0.29, 0.717) is 13.0 Å². The maximum absolute atomic E-state index is 11.9. The molecular weight excluding hydrogens is 204 g/mol. The largest absolute Gasteiger partial charge is 0.338 e. The van der Waals surface area contributed by atoms with Crippen molar-refractivity contribution in [3.05, 3.63) is 24.0 Å². The van der Waals surface area contributed by atoms with E-state index in [4.69, 9.17) is 0 Å². The lowest BCUT2D eigenvalue weighted by Gasteiger charge is -2.26. The van der Waals surface area contributed by atoms with Gasteiger partial charge < -0.3 is 4.90 Å². The number of amides is 1. The van der Waals surface area contributed by atoms with Gasteiger partial charge in [0.2, 0.25) is 5.91 Å². The number of nitrogens with zero attached hydrogens (tertiary/aromatic N) is 4. The van der Waals surface area contributed by atoms with E-state index in [1.54, 1.807) is 17.1 Å². The number of carbonyl (C=O) groups excluding carboxylic acids is 1. The van der Waals surface area contributed by atoms with E-state index >= 15 is 0 Å². The summed E-state index contributed by atoms with van der Waals surface area (Å²) < 4.78 is 1.69. The summed E-state index contributed by atoms with van der Waals surface area (Å²) >= 11 is 0. The van der Waals surface area contributed by atoms with E-state index in [2.05, 4.69) is 23.3 Å². The summed E-state index contributed by atoms with van der Waals surface area (Å²) in [5, 5.41) is 7.54. The molecule has 0 saturated heterocycles. The Kier molecular flexibility index (Phi) is 3.34. The Morgan fingerprint density at radius 1 is 1.56 bits per heavy atom. The minimum Gasteiger partial charge on any atom is -0.338 e. The van der Waals surface area contributed by atoms with E-state index in [0.717, 1.165) is 19.5 Å². The average Bonchev–Trinajstić information content (AvgIpc) is 2.78. The molecule has 0 saturated carbocycles. The molecule has 0 atom stereocenters. The lowest BCUT2D eigenvalue weighted by molar-refractivity contribution is -0.131. The molecule has 0 aliphatic carbocycles. The van der Waals surface area contributed by atoms with Crippen LogP contribution in [0.5, 0.6) is 0 Å². The normalized spacial score (nSPS) is 16.1. The van der Waals surface area contributed by atoms with Gasteiger partial charge in [-0.1, -0.05) is 16.9 Å². The highest BCUT2D eigenvalue weighted by atomic mass is 16.2. The van der Waals surface area contributed by atoms with Crippen molar-refractivity contribution in [2.24, 2.45) is 0 Å². The summed E-state index contributed by atoms with van der Waals surface area (Å²) in [5.74, 6) is 0.197. The van der Waals surface area contributed by atoms with Crippen molar-refractivity contribution in [2.75, 3.05) is 13.1 Å². The van der Waals surface area contributed by atoms with Gasteiger partial charge in [0.25, 0.3) is 0 Å². The fraction of sp³-hybridized carbons (Fsp3) is 0.545. The first-order valence-corrected chi connectivity index (χ1v) is 5.53. The highest BCUT2D eigenvalue weighted by Crippen LogP contribution is 2.10. The van der Waals surface area contributed by atoms with Crippen LogP contribution in [0.4, 0.5) is 0 Å². The fourth-order valence-corrected chi connectivity index (χ4v) is 1.84. The Bertz CT molecular complexity index is 383. The Hall–Kier alpha value is -1.65. The van der Waals surface area contributed by atoms with Crippen LogP contribution in [-0.2, 0) is 11.3 Å². The Labute approximate surface area is 94.7 Å². The van der Waals surface area contributed by atoms with Crippen molar-refractivity contribution in [1.82, 2.24) is 19.9 Å². The summed E-state index contributed by atoms with van der Waals surface area (Å²) in [6, 6.07) is 0. The van der Waals surface area contributed by atoms with Gasteiger partial charge in [0, 0.05) is 25.7 Å². The van der Waals surface area contributed by atoms with Crippen molar-refractivity contribution in [2.45, 2.75) is 26.3 Å². The molecule has 0 bridgehead atoms. The predicted molar refractivity (Wildman–Crippen MR) is 59.6 cm³/mol. The Morgan fingerprint density at radius 2 is 2.44 bits per heavy atom. The summed E-state index contributed by atoms with van der Waals surface area (Å²) in [4.78, 5) is 13.8. The summed E-state index contributed by atoms with van der Waals surface area (Å²) in [6.45, 7) is 4.29. The van der Waals surface area contributed by atoms with Crippen LogP contribution >= 0.6 is 0 Å². The van der Waals surface area contributed by atoms with Crippen molar-refractivity contribution in [3.63, 3.8) is 0 Å². The van der Waals surface area contributed by atoms with E-state index in [1.807, 2.05) is 4.90 Å². The fourth-order valence-electron chi connectivity index (χ4n) is 1.84. The van der Waals surface area contributed by atoms with E-state index in [-0.39, 0.29) is 5.91 Å². The first kappa shape index (κ1) is 10.9. The molecule has 5 nitrogen and oxygen atoms in total. The van der Waals surface area contributed by atoms with Crippen molar-refractivity contribution >= 4 is 5.91 Å². The van der Waals surface area contributed by atoms with Gasteiger partial charge >= 0.3 is 0 Å². The number of aromatic nitrogens is 3. The molecule has 0 spiro atoms. The lowest BCUT2D eigenvalue weighted by atomic mass is 10.1. The number of carbonyl (C=O) groups is 1. The van der Waals surface area contributed by atoms with Gasteiger partial charge in [-0.2, -0.15) is 0 Å². The highest BCUT2D eigenvalue weighted by molar-refractivity contribution is 5.76.